The van der Waals surface area contributed by atoms with Crippen molar-refractivity contribution in [3.63, 3.8) is 0 Å². The molecule has 0 aliphatic carbocycles. The molecule has 0 atom stereocenters. The maximum Gasteiger partial charge on any atom is 0.274 e. The summed E-state index contributed by atoms with van der Waals surface area (Å²) >= 11 is 5.84. The number of benzene rings is 1. The zero-order valence-electron chi connectivity index (χ0n) is 13.0. The fraction of sp³-hybridized carbons (Fsp3) is 0.294. The van der Waals surface area contributed by atoms with Crippen molar-refractivity contribution in [3.8, 4) is 0 Å². The van der Waals surface area contributed by atoms with E-state index in [4.69, 9.17) is 11.6 Å². The molecule has 124 valence electrons. The summed E-state index contributed by atoms with van der Waals surface area (Å²) in [4.78, 5) is 33.6. The van der Waals surface area contributed by atoms with Crippen LogP contribution in [-0.4, -0.2) is 46.3 Å². The minimum atomic E-state index is -0.187. The molecule has 2 heterocycles. The molecule has 0 radical (unpaired) electrons. The maximum absolute atomic E-state index is 12.1. The van der Waals surface area contributed by atoms with Gasteiger partial charge in [-0.25, -0.2) is 4.98 Å². The fourth-order valence-corrected chi connectivity index (χ4v) is 2.63. The lowest BCUT2D eigenvalue weighted by Gasteiger charge is -2.37. The van der Waals surface area contributed by atoms with Gasteiger partial charge in [-0.1, -0.05) is 23.7 Å². The Morgan fingerprint density at radius 2 is 1.96 bits per heavy atom. The summed E-state index contributed by atoms with van der Waals surface area (Å²) in [5.41, 5.74) is 1.42. The van der Waals surface area contributed by atoms with E-state index in [-0.39, 0.29) is 17.7 Å². The summed E-state index contributed by atoms with van der Waals surface area (Å²) in [6.07, 6.45) is 5.18. The number of halogens is 1. The summed E-state index contributed by atoms with van der Waals surface area (Å²) in [5, 5.41) is 3.61. The van der Waals surface area contributed by atoms with Crippen LogP contribution in [0.2, 0.25) is 5.02 Å². The van der Waals surface area contributed by atoms with E-state index < -0.39 is 0 Å². The first-order chi connectivity index (χ1) is 11.6. The molecule has 7 heteroatoms. The van der Waals surface area contributed by atoms with Crippen LogP contribution in [0.3, 0.4) is 0 Å². The number of hydrogen-bond acceptors (Lipinski definition) is 4. The zero-order chi connectivity index (χ0) is 16.9. The second-order valence-electron chi connectivity index (χ2n) is 5.67. The molecule has 2 amide bonds. The molecule has 3 rings (SSSR count). The Labute approximate surface area is 144 Å². The normalized spacial score (nSPS) is 14.1. The van der Waals surface area contributed by atoms with Gasteiger partial charge in [0.05, 0.1) is 12.1 Å². The van der Waals surface area contributed by atoms with Crippen LogP contribution in [0.15, 0.2) is 42.9 Å². The Morgan fingerprint density at radius 3 is 2.62 bits per heavy atom. The van der Waals surface area contributed by atoms with Crippen LogP contribution in [0.25, 0.3) is 0 Å². The van der Waals surface area contributed by atoms with Gasteiger partial charge in [0.2, 0.25) is 5.91 Å². The van der Waals surface area contributed by atoms with E-state index in [1.807, 2.05) is 24.3 Å². The Kier molecular flexibility index (Phi) is 5.05. The molecule has 1 fully saturated rings. The van der Waals surface area contributed by atoms with E-state index in [2.05, 4.69) is 15.3 Å². The predicted octanol–water partition coefficient (Wildman–Crippen LogP) is 1.56. The van der Waals surface area contributed by atoms with Crippen molar-refractivity contribution in [1.82, 2.24) is 20.2 Å². The first kappa shape index (κ1) is 16.4. The number of hydrogen-bond donors (Lipinski definition) is 1. The third-order valence-electron chi connectivity index (χ3n) is 3.95. The molecule has 0 unspecified atom stereocenters. The molecule has 1 saturated heterocycles. The van der Waals surface area contributed by atoms with E-state index >= 15 is 0 Å². The fourth-order valence-electron chi connectivity index (χ4n) is 2.51. The second kappa shape index (κ2) is 7.40. The Bertz CT molecular complexity index is 715. The summed E-state index contributed by atoms with van der Waals surface area (Å²) in [6.45, 7) is 1.40. The highest BCUT2D eigenvalue weighted by atomic mass is 35.5. The average Bonchev–Trinajstić information content (AvgIpc) is 2.56. The Balaban J connectivity index is 1.40. The van der Waals surface area contributed by atoms with Crippen LogP contribution < -0.4 is 5.32 Å². The van der Waals surface area contributed by atoms with Crippen molar-refractivity contribution in [2.24, 2.45) is 5.92 Å². The minimum absolute atomic E-state index is 0.0211. The van der Waals surface area contributed by atoms with Crippen molar-refractivity contribution in [1.29, 1.82) is 0 Å². The second-order valence-corrected chi connectivity index (χ2v) is 6.10. The van der Waals surface area contributed by atoms with Crippen LogP contribution in [-0.2, 0) is 11.2 Å². The van der Waals surface area contributed by atoms with Gasteiger partial charge in [-0.3, -0.25) is 14.6 Å². The molecule has 0 bridgehead atoms. The van der Waals surface area contributed by atoms with Gasteiger partial charge in [0.25, 0.3) is 5.91 Å². The van der Waals surface area contributed by atoms with Gasteiger partial charge >= 0.3 is 0 Å². The van der Waals surface area contributed by atoms with Gasteiger partial charge in [0, 0.05) is 37.1 Å². The number of carbonyl (C=O) groups is 2. The minimum Gasteiger partial charge on any atom is -0.355 e. The van der Waals surface area contributed by atoms with E-state index in [1.165, 1.54) is 18.6 Å². The third kappa shape index (κ3) is 3.89. The molecule has 1 aliphatic heterocycles. The SMILES string of the molecule is O=C(NCCc1ccc(Cl)cc1)C1CN(C(=O)c2cnccn2)C1. The first-order valence-corrected chi connectivity index (χ1v) is 8.09. The molecule has 1 aromatic heterocycles. The van der Waals surface area contributed by atoms with Crippen molar-refractivity contribution in [2.45, 2.75) is 6.42 Å². The molecule has 1 aliphatic rings. The first-order valence-electron chi connectivity index (χ1n) is 7.71. The molecule has 0 spiro atoms. The molecule has 6 nitrogen and oxygen atoms in total. The third-order valence-corrected chi connectivity index (χ3v) is 4.20. The van der Waals surface area contributed by atoms with Gasteiger partial charge in [-0.2, -0.15) is 0 Å². The number of carbonyl (C=O) groups excluding carboxylic acids is 2. The van der Waals surface area contributed by atoms with Crippen molar-refractivity contribution in [3.05, 3.63) is 59.1 Å². The molecule has 2 aromatic rings. The molecule has 24 heavy (non-hydrogen) atoms. The molecule has 1 aromatic carbocycles. The summed E-state index contributed by atoms with van der Waals surface area (Å²) in [6, 6.07) is 7.56. The van der Waals surface area contributed by atoms with Gasteiger partial charge in [-0.15, -0.1) is 0 Å². The van der Waals surface area contributed by atoms with Crippen LogP contribution in [0.1, 0.15) is 16.1 Å². The zero-order valence-corrected chi connectivity index (χ0v) is 13.7. The largest absolute Gasteiger partial charge is 0.355 e. The van der Waals surface area contributed by atoms with E-state index in [1.54, 1.807) is 4.90 Å². The highest BCUT2D eigenvalue weighted by Crippen LogP contribution is 2.18. The maximum atomic E-state index is 12.1. The van der Waals surface area contributed by atoms with E-state index in [9.17, 15) is 9.59 Å². The predicted molar refractivity (Wildman–Crippen MR) is 89.6 cm³/mol. The topological polar surface area (TPSA) is 75.2 Å². The number of amides is 2. The van der Waals surface area contributed by atoms with Gasteiger partial charge < -0.3 is 10.2 Å². The lowest BCUT2D eigenvalue weighted by Crippen LogP contribution is -2.56. The van der Waals surface area contributed by atoms with Crippen LogP contribution in [0, 0.1) is 5.92 Å². The highest BCUT2D eigenvalue weighted by Gasteiger charge is 2.36. The number of aromatic nitrogens is 2. The quantitative estimate of drug-likeness (QED) is 0.893. The number of rotatable bonds is 5. The molecular weight excluding hydrogens is 328 g/mol. The summed E-state index contributed by atoms with van der Waals surface area (Å²) in [7, 11) is 0. The summed E-state index contributed by atoms with van der Waals surface area (Å²) in [5.74, 6) is -0.365. The molecule has 0 saturated carbocycles. The highest BCUT2D eigenvalue weighted by molar-refractivity contribution is 6.30. The van der Waals surface area contributed by atoms with Crippen LogP contribution >= 0.6 is 11.6 Å². The number of nitrogens with one attached hydrogen (secondary N) is 1. The van der Waals surface area contributed by atoms with Crippen molar-refractivity contribution >= 4 is 23.4 Å². The molecule has 1 N–H and O–H groups in total. The van der Waals surface area contributed by atoms with E-state index in [0.717, 1.165) is 12.0 Å². The lowest BCUT2D eigenvalue weighted by molar-refractivity contribution is -0.128. The van der Waals surface area contributed by atoms with Crippen molar-refractivity contribution in [2.75, 3.05) is 19.6 Å². The number of nitrogens with zero attached hydrogens (tertiary/aromatic N) is 3. The Hall–Kier alpha value is -2.47. The lowest BCUT2D eigenvalue weighted by atomic mass is 9.98. The van der Waals surface area contributed by atoms with Gasteiger partial charge in [-0.05, 0) is 24.1 Å². The summed E-state index contributed by atoms with van der Waals surface area (Å²) < 4.78 is 0. The van der Waals surface area contributed by atoms with Gasteiger partial charge in [0.15, 0.2) is 0 Å². The van der Waals surface area contributed by atoms with Crippen LogP contribution in [0.4, 0.5) is 0 Å². The standard InChI is InChI=1S/C17H17ClN4O2/c18-14-3-1-12(2-4-14)5-6-21-16(23)13-10-22(11-13)17(24)15-9-19-7-8-20-15/h1-4,7-9,13H,5-6,10-11H2,(H,21,23). The Morgan fingerprint density at radius 1 is 1.21 bits per heavy atom. The van der Waals surface area contributed by atoms with Crippen LogP contribution in [0.5, 0.6) is 0 Å². The molecular formula is C17H17ClN4O2. The van der Waals surface area contributed by atoms with Gasteiger partial charge in [0.1, 0.15) is 5.69 Å². The average molecular weight is 345 g/mol. The smallest absolute Gasteiger partial charge is 0.274 e. The van der Waals surface area contributed by atoms with E-state index in [0.29, 0.717) is 30.4 Å². The number of likely N-dealkylation sites (tertiary alicyclic amines) is 1. The van der Waals surface area contributed by atoms with Crippen molar-refractivity contribution < 1.29 is 9.59 Å². The monoisotopic (exact) mass is 344 g/mol.